The van der Waals surface area contributed by atoms with Gasteiger partial charge in [-0.05, 0) is 37.8 Å². The summed E-state index contributed by atoms with van der Waals surface area (Å²) in [5.41, 5.74) is 0.194. The van der Waals surface area contributed by atoms with Crippen LogP contribution in [-0.4, -0.2) is 56.9 Å². The van der Waals surface area contributed by atoms with Gasteiger partial charge in [0.05, 0.1) is 43.0 Å². The monoisotopic (exact) mass is 369 g/mol. The van der Waals surface area contributed by atoms with E-state index in [-0.39, 0.29) is 16.6 Å². The van der Waals surface area contributed by atoms with Crippen molar-refractivity contribution in [3.63, 3.8) is 0 Å². The van der Waals surface area contributed by atoms with E-state index < -0.39 is 14.9 Å². The summed E-state index contributed by atoms with van der Waals surface area (Å²) in [6.07, 6.45) is 2.25. The van der Waals surface area contributed by atoms with Crippen molar-refractivity contribution < 1.29 is 18.2 Å². The van der Waals surface area contributed by atoms with Crippen molar-refractivity contribution in [1.82, 2.24) is 4.31 Å². The molecule has 8 nitrogen and oxygen atoms in total. The van der Waals surface area contributed by atoms with Crippen molar-refractivity contribution in [3.05, 3.63) is 28.3 Å². The summed E-state index contributed by atoms with van der Waals surface area (Å²) < 4.78 is 27.0. The summed E-state index contributed by atoms with van der Waals surface area (Å²) in [5, 5.41) is 14.6. The van der Waals surface area contributed by atoms with E-state index in [4.69, 9.17) is 0 Å². The van der Waals surface area contributed by atoms with Gasteiger partial charge in [-0.3, -0.25) is 10.1 Å². The number of quaternary nitrogens is 1. The van der Waals surface area contributed by atoms with E-state index in [1.165, 1.54) is 27.4 Å². The Morgan fingerprint density at radius 3 is 2.52 bits per heavy atom. The zero-order valence-corrected chi connectivity index (χ0v) is 15.4. The number of nitro benzene ring substituents is 1. The van der Waals surface area contributed by atoms with Gasteiger partial charge in [-0.2, -0.15) is 4.31 Å². The van der Waals surface area contributed by atoms with E-state index in [1.807, 2.05) is 14.0 Å². The van der Waals surface area contributed by atoms with Gasteiger partial charge in [0.15, 0.2) is 0 Å². The maximum atomic E-state index is 12.8. The molecule has 0 amide bonds. The van der Waals surface area contributed by atoms with Crippen LogP contribution in [0.3, 0.4) is 0 Å². The van der Waals surface area contributed by atoms with Crippen LogP contribution in [0.15, 0.2) is 23.1 Å². The first-order chi connectivity index (χ1) is 11.8. The second-order valence-corrected chi connectivity index (χ2v) is 9.01. The summed E-state index contributed by atoms with van der Waals surface area (Å²) in [6, 6.07) is 4.31. The first-order valence-electron chi connectivity index (χ1n) is 8.65. The molecule has 0 spiro atoms. The number of nitro groups is 1. The molecule has 1 heterocycles. The van der Waals surface area contributed by atoms with Gasteiger partial charge >= 0.3 is 0 Å². The van der Waals surface area contributed by atoms with E-state index >= 15 is 0 Å². The van der Waals surface area contributed by atoms with Gasteiger partial charge in [0, 0.05) is 12.1 Å². The maximum absolute atomic E-state index is 12.8. The predicted molar refractivity (Wildman–Crippen MR) is 94.3 cm³/mol. The number of hydrogen-bond acceptors (Lipinski definition) is 5. The van der Waals surface area contributed by atoms with Gasteiger partial charge in [-0.15, -0.1) is 0 Å². The normalized spacial score (nSPS) is 21.0. The Morgan fingerprint density at radius 1 is 1.32 bits per heavy atom. The molecule has 0 radical (unpaired) electrons. The Balaban J connectivity index is 1.86. The summed E-state index contributed by atoms with van der Waals surface area (Å²) in [6.45, 7) is 4.33. The quantitative estimate of drug-likeness (QED) is 0.556. The molecular weight excluding hydrogens is 344 g/mol. The minimum Gasteiger partial charge on any atom is -0.377 e. The molecule has 1 saturated carbocycles. The Kier molecular flexibility index (Phi) is 4.99. The number of likely N-dealkylation sites (N-methyl/N-ethyl adjacent to an activating group) is 1. The maximum Gasteiger partial charge on any atom is 0.293 e. The predicted octanol–water partition coefficient (Wildman–Crippen LogP) is 0.324. The van der Waals surface area contributed by atoms with Crippen molar-refractivity contribution in [1.29, 1.82) is 0 Å². The van der Waals surface area contributed by atoms with E-state index in [9.17, 15) is 18.5 Å². The molecule has 2 aliphatic rings. The Hall–Kier alpha value is -1.71. The number of piperazine rings is 1. The van der Waals surface area contributed by atoms with E-state index in [2.05, 4.69) is 5.32 Å². The van der Waals surface area contributed by atoms with Crippen molar-refractivity contribution >= 4 is 21.4 Å². The molecule has 3 rings (SSSR count). The van der Waals surface area contributed by atoms with Crippen LogP contribution in [0.1, 0.15) is 19.8 Å². The first kappa shape index (κ1) is 18.1. The molecule has 1 aliphatic carbocycles. The van der Waals surface area contributed by atoms with Crippen LogP contribution in [0, 0.1) is 16.0 Å². The Morgan fingerprint density at radius 2 is 1.96 bits per heavy atom. The fourth-order valence-electron chi connectivity index (χ4n) is 3.16. The van der Waals surface area contributed by atoms with Crippen molar-refractivity contribution in [2.24, 2.45) is 5.92 Å². The number of nitrogens with zero attached hydrogens (tertiary/aromatic N) is 2. The number of sulfonamides is 1. The number of hydrogen-bond donors (Lipinski definition) is 2. The third-order valence-corrected chi connectivity index (χ3v) is 6.99. The first-order valence-corrected chi connectivity index (χ1v) is 10.1. The molecule has 2 N–H and O–H groups in total. The van der Waals surface area contributed by atoms with Crippen LogP contribution in [0.2, 0.25) is 0 Å². The molecule has 9 heteroatoms. The lowest BCUT2D eigenvalue weighted by Gasteiger charge is -2.29. The summed E-state index contributed by atoms with van der Waals surface area (Å²) in [5.74, 6) is 0.538. The summed E-state index contributed by atoms with van der Waals surface area (Å²) in [7, 11) is -1.68. The molecule has 2 fully saturated rings. The lowest BCUT2D eigenvalue weighted by Crippen LogP contribution is -3.12. The van der Waals surface area contributed by atoms with Crippen LogP contribution >= 0.6 is 0 Å². The minimum absolute atomic E-state index is 0.0108. The molecule has 1 aliphatic heterocycles. The second kappa shape index (κ2) is 6.89. The third-order valence-electron chi connectivity index (χ3n) is 5.09. The van der Waals surface area contributed by atoms with Crippen molar-refractivity contribution in [2.75, 3.05) is 38.5 Å². The summed E-state index contributed by atoms with van der Waals surface area (Å²) in [4.78, 5) is 12.2. The molecule has 138 valence electrons. The number of rotatable bonds is 6. The second-order valence-electron chi connectivity index (χ2n) is 7.07. The molecule has 0 unspecified atom stereocenters. The van der Waals surface area contributed by atoms with Crippen LogP contribution in [0.25, 0.3) is 0 Å². The topological polar surface area (TPSA) is 97.0 Å². The molecule has 1 aromatic rings. The number of benzene rings is 1. The fourth-order valence-corrected chi connectivity index (χ4v) is 4.62. The highest BCUT2D eigenvalue weighted by atomic mass is 32.2. The highest BCUT2D eigenvalue weighted by molar-refractivity contribution is 7.89. The van der Waals surface area contributed by atoms with E-state index in [1.54, 1.807) is 0 Å². The Bertz CT molecular complexity index is 755. The highest BCUT2D eigenvalue weighted by Crippen LogP contribution is 2.36. The average Bonchev–Trinajstić information content (AvgIpc) is 3.40. The largest absolute Gasteiger partial charge is 0.377 e. The van der Waals surface area contributed by atoms with Crippen molar-refractivity contribution in [3.8, 4) is 0 Å². The van der Waals surface area contributed by atoms with Crippen LogP contribution in [0.5, 0.6) is 0 Å². The van der Waals surface area contributed by atoms with Gasteiger partial charge in [0.2, 0.25) is 10.0 Å². The van der Waals surface area contributed by atoms with Gasteiger partial charge < -0.3 is 10.2 Å². The molecular formula is C16H25N4O4S+. The average molecular weight is 369 g/mol. The number of nitrogens with one attached hydrogen (secondary N) is 2. The standard InChI is InChI=1S/C16H24N4O4S/c1-12(13-3-4-13)17-15-6-5-14(11-16(15)20(21)22)25(23,24)19-9-7-18(2)8-10-19/h5-6,11-13,17H,3-4,7-10H2,1-2H3/p+1/t12-/m1/s1. The van der Waals surface area contributed by atoms with Gasteiger partial charge in [-0.25, -0.2) is 8.42 Å². The number of anilines is 1. The van der Waals surface area contributed by atoms with Gasteiger partial charge in [-0.1, -0.05) is 0 Å². The molecule has 0 aromatic heterocycles. The SMILES string of the molecule is C[C@@H](Nc1ccc(S(=O)(=O)N2CC[NH+](C)CC2)cc1[N+](=O)[O-])C1CC1. The van der Waals surface area contributed by atoms with Crippen LogP contribution in [-0.2, 0) is 10.0 Å². The molecule has 0 bridgehead atoms. The minimum atomic E-state index is -3.70. The molecule has 1 aromatic carbocycles. The molecule has 1 saturated heterocycles. The summed E-state index contributed by atoms with van der Waals surface area (Å²) >= 11 is 0. The third kappa shape index (κ3) is 3.94. The van der Waals surface area contributed by atoms with Crippen LogP contribution < -0.4 is 10.2 Å². The van der Waals surface area contributed by atoms with Gasteiger partial charge in [0.1, 0.15) is 5.69 Å². The van der Waals surface area contributed by atoms with E-state index in [0.29, 0.717) is 24.7 Å². The molecule has 1 atom stereocenters. The van der Waals surface area contributed by atoms with Gasteiger partial charge in [0.25, 0.3) is 5.69 Å². The molecule has 25 heavy (non-hydrogen) atoms. The zero-order chi connectivity index (χ0) is 18.2. The fraction of sp³-hybridized carbons (Fsp3) is 0.625. The van der Waals surface area contributed by atoms with Crippen LogP contribution in [0.4, 0.5) is 11.4 Å². The smallest absolute Gasteiger partial charge is 0.293 e. The zero-order valence-electron chi connectivity index (χ0n) is 14.6. The van der Waals surface area contributed by atoms with E-state index in [0.717, 1.165) is 25.9 Å². The lowest BCUT2D eigenvalue weighted by atomic mass is 10.2. The lowest BCUT2D eigenvalue weighted by molar-refractivity contribution is -0.883. The highest BCUT2D eigenvalue weighted by Gasteiger charge is 2.32. The Labute approximate surface area is 148 Å². The van der Waals surface area contributed by atoms with Crippen molar-refractivity contribution in [2.45, 2.75) is 30.7 Å².